The fourth-order valence-electron chi connectivity index (χ4n) is 3.46. The molecule has 6 nitrogen and oxygen atoms in total. The van der Waals surface area contributed by atoms with E-state index in [-0.39, 0.29) is 24.2 Å². The molecule has 8 heteroatoms. The zero-order valence-electron chi connectivity index (χ0n) is 16.5. The van der Waals surface area contributed by atoms with Crippen molar-refractivity contribution in [3.05, 3.63) is 71.1 Å². The summed E-state index contributed by atoms with van der Waals surface area (Å²) in [5.74, 6) is -0.357. The average Bonchev–Trinajstić information content (AvgIpc) is 3.25. The minimum Gasteiger partial charge on any atom is -0.379 e. The molecule has 3 heterocycles. The van der Waals surface area contributed by atoms with Crippen LogP contribution in [0.1, 0.15) is 17.3 Å². The van der Waals surface area contributed by atoms with Crippen LogP contribution in [0, 0.1) is 5.82 Å². The molecule has 3 aromatic rings. The van der Waals surface area contributed by atoms with E-state index in [4.69, 9.17) is 4.74 Å². The number of hydrogen-bond donors (Lipinski definition) is 1. The standard InChI is InChI=1S/C22H23FN4O2S/c23-17-6-4-16(5-7-17)20(27-9-11-29-12-10-27)14-25-21(28)13-18-15-30-22(26-18)19-3-1-2-8-24-19/h1-8,15,20H,9-14H2,(H,25,28). The van der Waals surface area contributed by atoms with Crippen LogP contribution in [0.15, 0.2) is 54.0 Å². The molecule has 1 fully saturated rings. The molecule has 0 radical (unpaired) electrons. The van der Waals surface area contributed by atoms with Crippen molar-refractivity contribution < 1.29 is 13.9 Å². The molecule has 1 atom stereocenters. The van der Waals surface area contributed by atoms with Crippen molar-refractivity contribution in [3.63, 3.8) is 0 Å². The predicted molar refractivity (Wildman–Crippen MR) is 114 cm³/mol. The Balaban J connectivity index is 1.39. The van der Waals surface area contributed by atoms with Gasteiger partial charge in [0, 0.05) is 31.2 Å². The Morgan fingerprint density at radius 2 is 2.00 bits per heavy atom. The second-order valence-corrected chi connectivity index (χ2v) is 7.91. The van der Waals surface area contributed by atoms with Crippen molar-refractivity contribution >= 4 is 17.2 Å². The highest BCUT2D eigenvalue weighted by Crippen LogP contribution is 2.23. The van der Waals surface area contributed by atoms with Crippen LogP contribution in [-0.2, 0) is 16.0 Å². The molecule has 1 amide bonds. The molecule has 1 aliphatic rings. The van der Waals surface area contributed by atoms with E-state index in [0.717, 1.165) is 35.0 Å². The number of thiazole rings is 1. The molecule has 156 valence electrons. The third-order valence-corrected chi connectivity index (χ3v) is 5.92. The Labute approximate surface area is 178 Å². The van der Waals surface area contributed by atoms with Gasteiger partial charge in [-0.05, 0) is 29.8 Å². The Morgan fingerprint density at radius 3 is 2.73 bits per heavy atom. The maximum atomic E-state index is 13.4. The van der Waals surface area contributed by atoms with Crippen LogP contribution in [0.4, 0.5) is 4.39 Å². The molecule has 1 N–H and O–H groups in total. The lowest BCUT2D eigenvalue weighted by molar-refractivity contribution is -0.120. The molecular formula is C22H23FN4O2S. The Bertz CT molecular complexity index is 959. The molecule has 0 spiro atoms. The highest BCUT2D eigenvalue weighted by molar-refractivity contribution is 7.13. The van der Waals surface area contributed by atoms with Gasteiger partial charge in [-0.2, -0.15) is 0 Å². The monoisotopic (exact) mass is 426 g/mol. The van der Waals surface area contributed by atoms with Crippen LogP contribution in [0.5, 0.6) is 0 Å². The van der Waals surface area contributed by atoms with E-state index in [0.29, 0.717) is 19.8 Å². The lowest BCUT2D eigenvalue weighted by Crippen LogP contribution is -2.44. The van der Waals surface area contributed by atoms with E-state index in [1.807, 2.05) is 23.6 Å². The Hall–Kier alpha value is -2.68. The van der Waals surface area contributed by atoms with Crippen LogP contribution in [-0.4, -0.2) is 53.6 Å². The maximum Gasteiger partial charge on any atom is 0.226 e. The second kappa shape index (κ2) is 9.88. The van der Waals surface area contributed by atoms with E-state index in [9.17, 15) is 9.18 Å². The summed E-state index contributed by atoms with van der Waals surface area (Å²) >= 11 is 1.48. The van der Waals surface area contributed by atoms with Crippen LogP contribution in [0.25, 0.3) is 10.7 Å². The van der Waals surface area contributed by atoms with Gasteiger partial charge >= 0.3 is 0 Å². The molecule has 1 aromatic carbocycles. The number of halogens is 1. The predicted octanol–water partition coefficient (Wildman–Crippen LogP) is 3.08. The van der Waals surface area contributed by atoms with Gasteiger partial charge in [0.25, 0.3) is 0 Å². The summed E-state index contributed by atoms with van der Waals surface area (Å²) in [6, 6.07) is 12.1. The molecule has 30 heavy (non-hydrogen) atoms. The molecular weight excluding hydrogens is 403 g/mol. The number of amides is 1. The van der Waals surface area contributed by atoms with E-state index in [1.54, 1.807) is 18.3 Å². The molecule has 0 saturated carbocycles. The number of nitrogens with one attached hydrogen (secondary N) is 1. The fourth-order valence-corrected chi connectivity index (χ4v) is 4.26. The maximum absolute atomic E-state index is 13.4. The lowest BCUT2D eigenvalue weighted by atomic mass is 10.0. The lowest BCUT2D eigenvalue weighted by Gasteiger charge is -2.35. The number of carbonyl (C=O) groups is 1. The number of aromatic nitrogens is 2. The SMILES string of the molecule is O=C(Cc1csc(-c2ccccn2)n1)NCC(c1ccc(F)cc1)N1CCOCC1. The van der Waals surface area contributed by atoms with Gasteiger partial charge in [0.05, 0.1) is 37.1 Å². The van der Waals surface area contributed by atoms with Gasteiger partial charge in [-0.3, -0.25) is 14.7 Å². The molecule has 1 aliphatic heterocycles. The summed E-state index contributed by atoms with van der Waals surface area (Å²) in [5, 5.41) is 5.72. The highest BCUT2D eigenvalue weighted by atomic mass is 32.1. The first kappa shape index (κ1) is 20.6. The summed E-state index contributed by atoms with van der Waals surface area (Å²) < 4.78 is 18.8. The molecule has 1 saturated heterocycles. The number of ether oxygens (including phenoxy) is 1. The Morgan fingerprint density at radius 1 is 1.20 bits per heavy atom. The van der Waals surface area contributed by atoms with Gasteiger partial charge in [0.15, 0.2) is 0 Å². The van der Waals surface area contributed by atoms with Crippen molar-refractivity contribution in [2.24, 2.45) is 0 Å². The van der Waals surface area contributed by atoms with E-state index in [2.05, 4.69) is 20.2 Å². The number of rotatable bonds is 7. The number of pyridine rings is 1. The third kappa shape index (κ3) is 5.27. The van der Waals surface area contributed by atoms with Gasteiger partial charge < -0.3 is 10.1 Å². The first-order valence-corrected chi connectivity index (χ1v) is 10.8. The topological polar surface area (TPSA) is 67.4 Å². The first-order valence-electron chi connectivity index (χ1n) is 9.89. The van der Waals surface area contributed by atoms with Crippen molar-refractivity contribution in [2.45, 2.75) is 12.5 Å². The number of carbonyl (C=O) groups excluding carboxylic acids is 1. The van der Waals surface area contributed by atoms with Crippen LogP contribution >= 0.6 is 11.3 Å². The summed E-state index contributed by atoms with van der Waals surface area (Å²) in [6.07, 6.45) is 1.94. The second-order valence-electron chi connectivity index (χ2n) is 7.06. The van der Waals surface area contributed by atoms with Gasteiger partial charge in [0.1, 0.15) is 10.8 Å². The normalized spacial score (nSPS) is 15.6. The quantitative estimate of drug-likeness (QED) is 0.629. The summed E-state index contributed by atoms with van der Waals surface area (Å²) in [6.45, 7) is 3.30. The Kier molecular flexibility index (Phi) is 6.78. The zero-order chi connectivity index (χ0) is 20.8. The first-order chi connectivity index (χ1) is 14.7. The zero-order valence-corrected chi connectivity index (χ0v) is 17.3. The van der Waals surface area contributed by atoms with E-state index >= 15 is 0 Å². The van der Waals surface area contributed by atoms with Gasteiger partial charge in [-0.1, -0.05) is 18.2 Å². The minimum atomic E-state index is -0.268. The number of hydrogen-bond acceptors (Lipinski definition) is 6. The van der Waals surface area contributed by atoms with Crippen LogP contribution < -0.4 is 5.32 Å². The number of benzene rings is 1. The average molecular weight is 427 g/mol. The highest BCUT2D eigenvalue weighted by Gasteiger charge is 2.23. The van der Waals surface area contributed by atoms with E-state index < -0.39 is 0 Å². The molecule has 0 aliphatic carbocycles. The fraction of sp³-hybridized carbons (Fsp3) is 0.318. The number of nitrogens with zero attached hydrogens (tertiary/aromatic N) is 3. The van der Waals surface area contributed by atoms with Crippen molar-refractivity contribution in [3.8, 4) is 10.7 Å². The summed E-state index contributed by atoms with van der Waals surface area (Å²) in [5.41, 5.74) is 2.51. The van der Waals surface area contributed by atoms with E-state index in [1.165, 1.54) is 23.5 Å². The van der Waals surface area contributed by atoms with Crippen molar-refractivity contribution in [1.82, 2.24) is 20.2 Å². The van der Waals surface area contributed by atoms with Gasteiger partial charge in [0.2, 0.25) is 5.91 Å². The van der Waals surface area contributed by atoms with Crippen LogP contribution in [0.3, 0.4) is 0 Å². The molecule has 4 rings (SSSR count). The largest absolute Gasteiger partial charge is 0.379 e. The summed E-state index contributed by atoms with van der Waals surface area (Å²) in [7, 11) is 0. The van der Waals surface area contributed by atoms with Gasteiger partial charge in [-0.15, -0.1) is 11.3 Å². The molecule has 2 aromatic heterocycles. The van der Waals surface area contributed by atoms with Crippen LogP contribution in [0.2, 0.25) is 0 Å². The minimum absolute atomic E-state index is 0.0297. The smallest absolute Gasteiger partial charge is 0.226 e. The van der Waals surface area contributed by atoms with Crippen molar-refractivity contribution in [1.29, 1.82) is 0 Å². The number of morpholine rings is 1. The molecule has 1 unspecified atom stereocenters. The molecule has 0 bridgehead atoms. The van der Waals surface area contributed by atoms with Crippen molar-refractivity contribution in [2.75, 3.05) is 32.8 Å². The van der Waals surface area contributed by atoms with Gasteiger partial charge in [-0.25, -0.2) is 9.37 Å². The summed E-state index contributed by atoms with van der Waals surface area (Å²) in [4.78, 5) is 23.7. The third-order valence-electron chi connectivity index (χ3n) is 5.01.